The van der Waals surface area contributed by atoms with Gasteiger partial charge in [0.25, 0.3) is 0 Å². The topological polar surface area (TPSA) is 89.7 Å². The molecule has 3 aromatic heterocycles. The molecular formula is C30H34N4O4S. The Labute approximate surface area is 232 Å². The molecular weight excluding hydrogens is 512 g/mol. The van der Waals surface area contributed by atoms with Gasteiger partial charge in [-0.25, -0.2) is 14.8 Å². The van der Waals surface area contributed by atoms with Crippen molar-refractivity contribution in [1.82, 2.24) is 19.4 Å². The van der Waals surface area contributed by atoms with Crippen LogP contribution in [0.3, 0.4) is 0 Å². The van der Waals surface area contributed by atoms with Gasteiger partial charge < -0.3 is 19.1 Å². The first kappa shape index (κ1) is 26.0. The van der Waals surface area contributed by atoms with E-state index >= 15 is 0 Å². The molecule has 2 saturated heterocycles. The number of nitrogens with zero attached hydrogens (tertiary/aromatic N) is 4. The highest BCUT2D eigenvalue weighted by Crippen LogP contribution is 2.30. The van der Waals surface area contributed by atoms with E-state index in [1.54, 1.807) is 23.5 Å². The van der Waals surface area contributed by atoms with Crippen molar-refractivity contribution in [3.05, 3.63) is 74.9 Å². The largest absolute Gasteiger partial charge is 0.478 e. The van der Waals surface area contributed by atoms with E-state index in [0.29, 0.717) is 24.9 Å². The van der Waals surface area contributed by atoms with E-state index in [4.69, 9.17) is 19.4 Å². The number of hydrogen-bond acceptors (Lipinski definition) is 7. The molecule has 0 radical (unpaired) electrons. The molecule has 8 nitrogen and oxygen atoms in total. The molecule has 0 aliphatic carbocycles. The van der Waals surface area contributed by atoms with Crippen molar-refractivity contribution < 1.29 is 19.4 Å². The zero-order valence-corrected chi connectivity index (χ0v) is 23.2. The van der Waals surface area contributed by atoms with Crippen LogP contribution in [0.1, 0.15) is 62.4 Å². The number of aromatic nitrogens is 3. The maximum atomic E-state index is 11.6. The lowest BCUT2D eigenvalue weighted by Crippen LogP contribution is -2.35. The number of thiophene rings is 1. The van der Waals surface area contributed by atoms with E-state index in [-0.39, 0.29) is 11.7 Å². The maximum Gasteiger partial charge on any atom is 0.335 e. The Balaban J connectivity index is 1.11. The maximum absolute atomic E-state index is 11.6. The molecule has 6 rings (SSSR count). The van der Waals surface area contributed by atoms with E-state index < -0.39 is 5.97 Å². The second-order valence-electron chi connectivity index (χ2n) is 10.6. The highest BCUT2D eigenvalue weighted by atomic mass is 32.1. The smallest absolute Gasteiger partial charge is 0.335 e. The summed E-state index contributed by atoms with van der Waals surface area (Å²) in [5.41, 5.74) is 4.35. The number of carboxylic acid groups (broad SMARTS) is 1. The summed E-state index contributed by atoms with van der Waals surface area (Å²) in [6, 6.07) is 13.5. The molecule has 1 N–H and O–H groups in total. The zero-order chi connectivity index (χ0) is 26.9. The molecule has 2 aliphatic heterocycles. The van der Waals surface area contributed by atoms with Gasteiger partial charge in [0.15, 0.2) is 0 Å². The quantitative estimate of drug-likeness (QED) is 0.294. The Morgan fingerprint density at radius 3 is 2.64 bits per heavy atom. The highest BCUT2D eigenvalue weighted by Gasteiger charge is 2.26. The SMILES string of the molecule is Cc1cc(C)c(COc2cccc(C3CCN(Cc4nc5ccc(C(=O)O)cc5n4C[C@@H]4CCO4)CC3)n2)s1. The van der Waals surface area contributed by atoms with Crippen molar-refractivity contribution in [3.8, 4) is 5.88 Å². The van der Waals surface area contributed by atoms with Gasteiger partial charge in [-0.3, -0.25) is 4.90 Å². The van der Waals surface area contributed by atoms with Crippen molar-refractivity contribution in [2.75, 3.05) is 19.7 Å². The molecule has 0 amide bonds. The molecule has 1 atom stereocenters. The van der Waals surface area contributed by atoms with Crippen LogP contribution in [0, 0.1) is 13.8 Å². The summed E-state index contributed by atoms with van der Waals surface area (Å²) in [6.45, 7) is 8.93. The van der Waals surface area contributed by atoms with Gasteiger partial charge in [-0.1, -0.05) is 6.07 Å². The highest BCUT2D eigenvalue weighted by molar-refractivity contribution is 7.12. The van der Waals surface area contributed by atoms with Gasteiger partial charge in [-0.2, -0.15) is 0 Å². The van der Waals surface area contributed by atoms with E-state index in [0.717, 1.165) is 68.1 Å². The molecule has 1 aromatic carbocycles. The lowest BCUT2D eigenvalue weighted by molar-refractivity contribution is -0.0592. The van der Waals surface area contributed by atoms with Crippen LogP contribution in [0.2, 0.25) is 0 Å². The van der Waals surface area contributed by atoms with Crippen molar-refractivity contribution >= 4 is 28.3 Å². The fraction of sp³-hybridized carbons (Fsp3) is 0.433. The second-order valence-corrected chi connectivity index (χ2v) is 12.0. The van der Waals surface area contributed by atoms with Crippen molar-refractivity contribution in [2.24, 2.45) is 0 Å². The van der Waals surface area contributed by atoms with Gasteiger partial charge in [-0.15, -0.1) is 11.3 Å². The van der Waals surface area contributed by atoms with Gasteiger partial charge in [0.1, 0.15) is 12.4 Å². The minimum Gasteiger partial charge on any atom is -0.478 e. The number of aromatic carboxylic acids is 1. The number of carboxylic acids is 1. The number of imidazole rings is 1. The minimum atomic E-state index is -0.923. The first-order valence-electron chi connectivity index (χ1n) is 13.6. The Bertz CT molecular complexity index is 1480. The molecule has 4 aromatic rings. The summed E-state index contributed by atoms with van der Waals surface area (Å²) in [7, 11) is 0. The molecule has 39 heavy (non-hydrogen) atoms. The number of hydrogen-bond donors (Lipinski definition) is 1. The number of fused-ring (bicyclic) bond motifs is 1. The van der Waals surface area contributed by atoms with Crippen molar-refractivity contribution in [1.29, 1.82) is 0 Å². The van der Waals surface area contributed by atoms with E-state index in [9.17, 15) is 9.90 Å². The summed E-state index contributed by atoms with van der Waals surface area (Å²) in [4.78, 5) is 26.3. The van der Waals surface area contributed by atoms with Crippen LogP contribution in [-0.2, 0) is 24.4 Å². The van der Waals surface area contributed by atoms with Crippen LogP contribution >= 0.6 is 11.3 Å². The summed E-state index contributed by atoms with van der Waals surface area (Å²) < 4.78 is 13.9. The number of piperidine rings is 1. The fourth-order valence-electron chi connectivity index (χ4n) is 5.56. The molecule has 0 spiro atoms. The standard InChI is InChI=1S/C30H34N4O4S/c1-19-14-20(2)39-27(19)18-38-29-5-3-4-24(32-29)21-8-11-33(12-9-21)17-28-31-25-7-6-22(30(35)36)15-26(25)34(28)16-23-10-13-37-23/h3-7,14-15,21,23H,8-13,16-18H2,1-2H3,(H,35,36)/t23-/m0/s1. The van der Waals surface area contributed by atoms with Gasteiger partial charge in [0, 0.05) is 34.0 Å². The summed E-state index contributed by atoms with van der Waals surface area (Å²) in [6.07, 6.45) is 3.23. The van der Waals surface area contributed by atoms with Gasteiger partial charge >= 0.3 is 5.97 Å². The Hall–Kier alpha value is -3.27. The molecule has 204 valence electrons. The third-order valence-electron chi connectivity index (χ3n) is 7.86. The predicted octanol–water partition coefficient (Wildman–Crippen LogP) is 5.56. The second kappa shape index (κ2) is 11.1. The number of likely N-dealkylation sites (tertiary alicyclic amines) is 1. The number of rotatable bonds is 9. The number of ether oxygens (including phenoxy) is 2. The predicted molar refractivity (Wildman–Crippen MR) is 151 cm³/mol. The average molecular weight is 547 g/mol. The summed E-state index contributed by atoms with van der Waals surface area (Å²) in [5.74, 6) is 1.13. The van der Waals surface area contributed by atoms with Crippen molar-refractivity contribution in [3.63, 3.8) is 0 Å². The number of aryl methyl sites for hydroxylation is 2. The van der Waals surface area contributed by atoms with Crippen LogP contribution in [0.4, 0.5) is 0 Å². The van der Waals surface area contributed by atoms with Gasteiger partial charge in [0.05, 0.1) is 35.8 Å². The fourth-order valence-corrected chi connectivity index (χ4v) is 6.52. The third-order valence-corrected chi connectivity index (χ3v) is 8.99. The molecule has 0 bridgehead atoms. The third kappa shape index (κ3) is 5.71. The molecule has 5 heterocycles. The lowest BCUT2D eigenvalue weighted by Gasteiger charge is -2.32. The monoisotopic (exact) mass is 546 g/mol. The average Bonchev–Trinajstić information content (AvgIpc) is 3.42. The Morgan fingerprint density at radius 2 is 1.95 bits per heavy atom. The van der Waals surface area contributed by atoms with Gasteiger partial charge in [-0.05, 0) is 82.1 Å². The van der Waals surface area contributed by atoms with Gasteiger partial charge in [0.2, 0.25) is 5.88 Å². The Kier molecular flexibility index (Phi) is 7.38. The summed E-state index contributed by atoms with van der Waals surface area (Å²) >= 11 is 1.78. The van der Waals surface area contributed by atoms with Crippen LogP contribution < -0.4 is 4.74 Å². The molecule has 9 heteroatoms. The zero-order valence-electron chi connectivity index (χ0n) is 22.4. The van der Waals surface area contributed by atoms with Crippen LogP contribution in [0.5, 0.6) is 5.88 Å². The molecule has 2 aliphatic rings. The van der Waals surface area contributed by atoms with E-state index in [2.05, 4.69) is 35.4 Å². The van der Waals surface area contributed by atoms with Crippen LogP contribution in [0.25, 0.3) is 11.0 Å². The van der Waals surface area contributed by atoms with Crippen LogP contribution in [-0.4, -0.2) is 56.3 Å². The van der Waals surface area contributed by atoms with Crippen molar-refractivity contribution in [2.45, 2.75) is 64.8 Å². The first-order valence-corrected chi connectivity index (χ1v) is 14.5. The van der Waals surface area contributed by atoms with E-state index in [1.165, 1.54) is 15.3 Å². The Morgan fingerprint density at radius 1 is 1.13 bits per heavy atom. The number of pyridine rings is 1. The summed E-state index contributed by atoms with van der Waals surface area (Å²) in [5, 5.41) is 9.50. The first-order chi connectivity index (χ1) is 18.9. The number of benzene rings is 1. The van der Waals surface area contributed by atoms with E-state index in [1.807, 2.05) is 18.2 Å². The molecule has 0 saturated carbocycles. The molecule has 0 unspecified atom stereocenters. The number of carbonyl (C=O) groups is 1. The minimum absolute atomic E-state index is 0.161. The normalized spacial score (nSPS) is 18.4. The molecule has 2 fully saturated rings. The lowest BCUT2D eigenvalue weighted by atomic mass is 9.93. The van der Waals surface area contributed by atoms with Crippen LogP contribution in [0.15, 0.2) is 42.5 Å².